The van der Waals surface area contributed by atoms with E-state index in [1.165, 1.54) is 29.5 Å². The second-order valence-electron chi connectivity index (χ2n) is 4.24. The molecule has 83 valence electrons. The van der Waals surface area contributed by atoms with Crippen molar-refractivity contribution in [3.8, 4) is 0 Å². The molecular formula is C15H18N. The Balaban J connectivity index is 2.30. The molecule has 0 N–H and O–H groups in total. The third-order valence-electron chi connectivity index (χ3n) is 2.97. The summed E-state index contributed by atoms with van der Waals surface area (Å²) in [6.07, 6.45) is 7.60. The summed E-state index contributed by atoms with van der Waals surface area (Å²) in [4.78, 5) is 0. The van der Waals surface area contributed by atoms with Crippen molar-refractivity contribution in [2.45, 2.75) is 33.1 Å². The van der Waals surface area contributed by atoms with Crippen LogP contribution in [0.5, 0.6) is 0 Å². The summed E-state index contributed by atoms with van der Waals surface area (Å²) in [5.74, 6) is 0. The maximum absolute atomic E-state index is 4.45. The van der Waals surface area contributed by atoms with Gasteiger partial charge in [-0.3, -0.25) is 5.32 Å². The zero-order valence-corrected chi connectivity index (χ0v) is 10.0. The summed E-state index contributed by atoms with van der Waals surface area (Å²) >= 11 is 0. The molecule has 1 aliphatic heterocycles. The van der Waals surface area contributed by atoms with Gasteiger partial charge in [0.25, 0.3) is 0 Å². The van der Waals surface area contributed by atoms with E-state index in [0.717, 1.165) is 12.1 Å². The zero-order chi connectivity index (χ0) is 11.4. The fourth-order valence-corrected chi connectivity index (χ4v) is 2.02. The van der Waals surface area contributed by atoms with Crippen molar-refractivity contribution >= 4 is 5.70 Å². The molecule has 0 aliphatic carbocycles. The maximum Gasteiger partial charge on any atom is 0.0734 e. The van der Waals surface area contributed by atoms with Crippen LogP contribution in [-0.2, 0) is 6.42 Å². The zero-order valence-electron chi connectivity index (χ0n) is 10.0. The molecule has 1 aliphatic rings. The number of hydrogen-bond donors (Lipinski definition) is 0. The lowest BCUT2D eigenvalue weighted by Gasteiger charge is -2.10. The van der Waals surface area contributed by atoms with Crippen LogP contribution in [0.25, 0.3) is 5.70 Å². The Bertz CT molecular complexity index is 427. The number of rotatable bonds is 4. The van der Waals surface area contributed by atoms with Crippen LogP contribution in [0.1, 0.15) is 37.8 Å². The highest BCUT2D eigenvalue weighted by Crippen LogP contribution is 2.26. The molecule has 1 heteroatoms. The van der Waals surface area contributed by atoms with Gasteiger partial charge in [-0.25, -0.2) is 0 Å². The van der Waals surface area contributed by atoms with E-state index in [0.29, 0.717) is 0 Å². The molecule has 0 spiro atoms. The minimum absolute atomic E-state index is 1.15. The van der Waals surface area contributed by atoms with Gasteiger partial charge in [0, 0.05) is 11.8 Å². The maximum atomic E-state index is 4.45. The van der Waals surface area contributed by atoms with E-state index in [9.17, 15) is 0 Å². The molecule has 1 aromatic rings. The standard InChI is InChI=1S/C15H18N/c1-3-4-7-13-8-5-6-9-14(13)15-12(2)10-11-16-15/h5-6,8-11H,3-4,7H2,1-2H3. The van der Waals surface area contributed by atoms with Gasteiger partial charge in [-0.15, -0.1) is 0 Å². The smallest absolute Gasteiger partial charge is 0.0734 e. The summed E-state index contributed by atoms with van der Waals surface area (Å²) in [6.45, 7) is 4.35. The molecule has 0 aromatic heterocycles. The Morgan fingerprint density at radius 3 is 2.69 bits per heavy atom. The van der Waals surface area contributed by atoms with E-state index in [1.807, 2.05) is 6.20 Å². The van der Waals surface area contributed by atoms with Crippen molar-refractivity contribution in [3.05, 3.63) is 53.2 Å². The number of unbranched alkanes of at least 4 members (excludes halogenated alkanes) is 1. The highest BCUT2D eigenvalue weighted by molar-refractivity contribution is 5.74. The van der Waals surface area contributed by atoms with E-state index in [-0.39, 0.29) is 0 Å². The molecule has 1 heterocycles. The molecular weight excluding hydrogens is 194 g/mol. The van der Waals surface area contributed by atoms with Crippen LogP contribution in [0.2, 0.25) is 0 Å². The molecule has 0 saturated heterocycles. The molecule has 2 rings (SSSR count). The number of benzene rings is 1. The minimum Gasteiger partial charge on any atom is -0.256 e. The average molecular weight is 212 g/mol. The van der Waals surface area contributed by atoms with Crippen LogP contribution in [-0.4, -0.2) is 0 Å². The van der Waals surface area contributed by atoms with Crippen LogP contribution in [0.3, 0.4) is 0 Å². The Hall–Kier alpha value is -1.50. The molecule has 16 heavy (non-hydrogen) atoms. The third-order valence-corrected chi connectivity index (χ3v) is 2.97. The first-order valence-electron chi connectivity index (χ1n) is 5.99. The molecule has 1 nitrogen and oxygen atoms in total. The molecule has 0 unspecified atom stereocenters. The first-order valence-corrected chi connectivity index (χ1v) is 5.99. The Morgan fingerprint density at radius 2 is 2.00 bits per heavy atom. The molecule has 0 amide bonds. The van der Waals surface area contributed by atoms with E-state index < -0.39 is 0 Å². The molecule has 1 radical (unpaired) electrons. The summed E-state index contributed by atoms with van der Waals surface area (Å²) in [6, 6.07) is 8.62. The number of allylic oxidation sites excluding steroid dienone is 2. The first kappa shape index (κ1) is 11.0. The van der Waals surface area contributed by atoms with Crippen LogP contribution in [0.15, 0.2) is 42.1 Å². The van der Waals surface area contributed by atoms with Crippen LogP contribution >= 0.6 is 0 Å². The van der Waals surface area contributed by atoms with E-state index in [2.05, 4.69) is 49.5 Å². The van der Waals surface area contributed by atoms with Gasteiger partial charge >= 0.3 is 0 Å². The summed E-state index contributed by atoms with van der Waals surface area (Å²) < 4.78 is 0. The molecule has 0 bridgehead atoms. The Morgan fingerprint density at radius 1 is 1.19 bits per heavy atom. The lowest BCUT2D eigenvalue weighted by atomic mass is 9.98. The van der Waals surface area contributed by atoms with Crippen molar-refractivity contribution in [2.24, 2.45) is 0 Å². The molecule has 0 saturated carbocycles. The average Bonchev–Trinajstić information content (AvgIpc) is 2.73. The van der Waals surface area contributed by atoms with E-state index in [4.69, 9.17) is 0 Å². The Labute approximate surface area is 97.9 Å². The highest BCUT2D eigenvalue weighted by atomic mass is 14.9. The fourth-order valence-electron chi connectivity index (χ4n) is 2.02. The quantitative estimate of drug-likeness (QED) is 0.719. The van der Waals surface area contributed by atoms with Crippen molar-refractivity contribution in [1.29, 1.82) is 0 Å². The van der Waals surface area contributed by atoms with Crippen LogP contribution < -0.4 is 5.32 Å². The van der Waals surface area contributed by atoms with Crippen molar-refractivity contribution < 1.29 is 0 Å². The van der Waals surface area contributed by atoms with E-state index >= 15 is 0 Å². The third kappa shape index (κ3) is 2.19. The van der Waals surface area contributed by atoms with Crippen molar-refractivity contribution in [2.75, 3.05) is 0 Å². The van der Waals surface area contributed by atoms with E-state index in [1.54, 1.807) is 0 Å². The SMILES string of the molecule is CCCCc1ccccc1C1=C(C)C=C[N]1. The van der Waals surface area contributed by atoms with Gasteiger partial charge in [0.05, 0.1) is 5.70 Å². The monoisotopic (exact) mass is 212 g/mol. The second kappa shape index (κ2) is 5.02. The van der Waals surface area contributed by atoms with Gasteiger partial charge in [-0.1, -0.05) is 37.6 Å². The van der Waals surface area contributed by atoms with Gasteiger partial charge < -0.3 is 0 Å². The van der Waals surface area contributed by atoms with Crippen molar-refractivity contribution in [3.63, 3.8) is 0 Å². The molecule has 0 atom stereocenters. The lowest BCUT2D eigenvalue weighted by Crippen LogP contribution is -1.99. The van der Waals surface area contributed by atoms with Gasteiger partial charge in [0.15, 0.2) is 0 Å². The van der Waals surface area contributed by atoms with Gasteiger partial charge in [-0.2, -0.15) is 0 Å². The highest BCUT2D eigenvalue weighted by Gasteiger charge is 2.12. The summed E-state index contributed by atoms with van der Waals surface area (Å²) in [5.41, 5.74) is 5.14. The number of nitrogens with zero attached hydrogens (tertiary/aromatic N) is 1. The fraction of sp³-hybridized carbons (Fsp3) is 0.333. The van der Waals surface area contributed by atoms with Gasteiger partial charge in [0.2, 0.25) is 0 Å². The van der Waals surface area contributed by atoms with Crippen LogP contribution in [0, 0.1) is 0 Å². The number of aryl methyl sites for hydroxylation is 1. The number of hydrogen-bond acceptors (Lipinski definition) is 0. The van der Waals surface area contributed by atoms with Crippen LogP contribution in [0.4, 0.5) is 0 Å². The first-order chi connectivity index (χ1) is 7.83. The summed E-state index contributed by atoms with van der Waals surface area (Å²) in [5, 5.41) is 4.45. The lowest BCUT2D eigenvalue weighted by molar-refractivity contribution is 0.793. The van der Waals surface area contributed by atoms with Crippen molar-refractivity contribution in [1.82, 2.24) is 5.32 Å². The Kier molecular flexibility index (Phi) is 3.45. The second-order valence-corrected chi connectivity index (χ2v) is 4.24. The predicted octanol–water partition coefficient (Wildman–Crippen LogP) is 3.89. The minimum atomic E-state index is 1.15. The molecule has 0 fully saturated rings. The van der Waals surface area contributed by atoms with Gasteiger partial charge in [-0.05, 0) is 37.0 Å². The van der Waals surface area contributed by atoms with Gasteiger partial charge in [0.1, 0.15) is 0 Å². The summed E-state index contributed by atoms with van der Waals surface area (Å²) in [7, 11) is 0. The predicted molar refractivity (Wildman–Crippen MR) is 68.9 cm³/mol. The molecule has 1 aromatic carbocycles. The topological polar surface area (TPSA) is 14.1 Å². The largest absolute Gasteiger partial charge is 0.256 e. The normalized spacial score (nSPS) is 14.4.